The Morgan fingerprint density at radius 3 is 2.63 bits per heavy atom. The zero-order valence-electron chi connectivity index (χ0n) is 11.3. The summed E-state index contributed by atoms with van der Waals surface area (Å²) in [5, 5.41) is 3.33. The minimum absolute atomic E-state index is 0.288. The van der Waals surface area contributed by atoms with Crippen molar-refractivity contribution in [3.05, 3.63) is 35.4 Å². The monoisotopic (exact) mass is 268 g/mol. The van der Waals surface area contributed by atoms with Crippen LogP contribution >= 0.6 is 0 Å². The number of nitrogens with one attached hydrogen (secondary N) is 1. The third-order valence-corrected chi connectivity index (χ3v) is 3.64. The van der Waals surface area contributed by atoms with Crippen molar-refractivity contribution in [3.8, 4) is 0 Å². The van der Waals surface area contributed by atoms with Gasteiger partial charge in [0, 0.05) is 26.2 Å². The average Bonchev–Trinajstić information content (AvgIpc) is 2.43. The summed E-state index contributed by atoms with van der Waals surface area (Å²) >= 11 is 0. The molecule has 19 heavy (non-hydrogen) atoms. The van der Waals surface area contributed by atoms with Gasteiger partial charge in [-0.15, -0.1) is 0 Å². The largest absolute Gasteiger partial charge is 0.314 e. The third-order valence-electron chi connectivity index (χ3n) is 3.64. The molecule has 0 bridgehead atoms. The molecule has 0 radical (unpaired) electrons. The quantitative estimate of drug-likeness (QED) is 0.798. The minimum atomic E-state index is -0.350. The molecule has 0 amide bonds. The lowest BCUT2D eigenvalue weighted by molar-refractivity contribution is 0.236. The van der Waals surface area contributed by atoms with Crippen molar-refractivity contribution >= 4 is 0 Å². The number of aryl methyl sites for hydroxylation is 1. The highest BCUT2D eigenvalue weighted by Crippen LogP contribution is 2.13. The summed E-state index contributed by atoms with van der Waals surface area (Å²) in [7, 11) is 0. The van der Waals surface area contributed by atoms with Crippen LogP contribution in [0.25, 0.3) is 0 Å². The Bertz CT molecular complexity index is 390. The van der Waals surface area contributed by atoms with Crippen LogP contribution in [0.5, 0.6) is 0 Å². The van der Waals surface area contributed by atoms with E-state index in [9.17, 15) is 8.78 Å². The number of rotatable bonds is 6. The van der Waals surface area contributed by atoms with Crippen molar-refractivity contribution < 1.29 is 8.78 Å². The number of piperazine rings is 1. The molecule has 0 unspecified atom stereocenters. The van der Waals surface area contributed by atoms with E-state index in [1.807, 2.05) is 0 Å². The summed E-state index contributed by atoms with van der Waals surface area (Å²) in [4.78, 5) is 2.46. The van der Waals surface area contributed by atoms with Crippen molar-refractivity contribution in [1.29, 1.82) is 0 Å². The molecule has 0 aromatic heterocycles. The van der Waals surface area contributed by atoms with E-state index in [0.717, 1.165) is 52.0 Å². The van der Waals surface area contributed by atoms with Crippen molar-refractivity contribution in [3.63, 3.8) is 0 Å². The third kappa shape index (κ3) is 4.88. The standard InChI is InChI=1S/C15H22F2N2/c16-14-5-6-15(17)13(12-14)4-2-1-3-9-19-10-7-18-8-11-19/h5-6,12,18H,1-4,7-11H2. The van der Waals surface area contributed by atoms with E-state index in [1.165, 1.54) is 18.2 Å². The molecule has 1 aliphatic rings. The average molecular weight is 268 g/mol. The molecule has 1 fully saturated rings. The first-order valence-electron chi connectivity index (χ1n) is 7.13. The van der Waals surface area contributed by atoms with Crippen molar-refractivity contribution in [2.75, 3.05) is 32.7 Å². The fraction of sp³-hybridized carbons (Fsp3) is 0.600. The van der Waals surface area contributed by atoms with Crippen LogP contribution in [-0.2, 0) is 6.42 Å². The fourth-order valence-electron chi connectivity index (χ4n) is 2.50. The van der Waals surface area contributed by atoms with E-state index < -0.39 is 0 Å². The van der Waals surface area contributed by atoms with Gasteiger partial charge in [0.15, 0.2) is 0 Å². The highest BCUT2D eigenvalue weighted by molar-refractivity contribution is 5.18. The molecule has 1 saturated heterocycles. The lowest BCUT2D eigenvalue weighted by atomic mass is 10.1. The molecular formula is C15H22F2N2. The molecular weight excluding hydrogens is 246 g/mol. The molecule has 2 rings (SSSR count). The molecule has 1 N–H and O–H groups in total. The Hall–Kier alpha value is -1.00. The van der Waals surface area contributed by atoms with E-state index in [1.54, 1.807) is 0 Å². The first kappa shape index (κ1) is 14.4. The summed E-state index contributed by atoms with van der Waals surface area (Å²) in [6.07, 6.45) is 3.76. The number of nitrogens with zero attached hydrogens (tertiary/aromatic N) is 1. The maximum atomic E-state index is 13.4. The van der Waals surface area contributed by atoms with Gasteiger partial charge in [-0.05, 0) is 49.6 Å². The molecule has 0 aliphatic carbocycles. The molecule has 4 heteroatoms. The normalized spacial score (nSPS) is 16.7. The Kier molecular flexibility index (Phi) is 5.73. The van der Waals surface area contributed by atoms with Crippen molar-refractivity contribution in [1.82, 2.24) is 10.2 Å². The van der Waals surface area contributed by atoms with Crippen LogP contribution in [0.15, 0.2) is 18.2 Å². The van der Waals surface area contributed by atoms with E-state index in [0.29, 0.717) is 12.0 Å². The molecule has 2 nitrogen and oxygen atoms in total. The van der Waals surface area contributed by atoms with Crippen molar-refractivity contribution in [2.45, 2.75) is 25.7 Å². The second-order valence-electron chi connectivity index (χ2n) is 5.14. The summed E-state index contributed by atoms with van der Waals surface area (Å²) in [6.45, 7) is 5.52. The fourth-order valence-corrected chi connectivity index (χ4v) is 2.50. The van der Waals surface area contributed by atoms with Crippen LogP contribution in [-0.4, -0.2) is 37.6 Å². The highest BCUT2D eigenvalue weighted by atomic mass is 19.1. The molecule has 106 valence electrons. The predicted molar refractivity (Wildman–Crippen MR) is 73.2 cm³/mol. The van der Waals surface area contributed by atoms with Gasteiger partial charge in [0.05, 0.1) is 0 Å². The summed E-state index contributed by atoms with van der Waals surface area (Å²) < 4.78 is 26.4. The Balaban J connectivity index is 1.62. The first-order valence-corrected chi connectivity index (χ1v) is 7.13. The molecule has 0 atom stereocenters. The Morgan fingerprint density at radius 1 is 1.05 bits per heavy atom. The molecule has 1 aromatic carbocycles. The van der Waals surface area contributed by atoms with Gasteiger partial charge < -0.3 is 10.2 Å². The van der Waals surface area contributed by atoms with Crippen molar-refractivity contribution in [2.24, 2.45) is 0 Å². The van der Waals surface area contributed by atoms with Gasteiger partial charge in [-0.2, -0.15) is 0 Å². The van der Waals surface area contributed by atoms with Gasteiger partial charge in [0.25, 0.3) is 0 Å². The van der Waals surface area contributed by atoms with Gasteiger partial charge in [0.2, 0.25) is 0 Å². The molecule has 1 heterocycles. The van der Waals surface area contributed by atoms with Crippen LogP contribution in [0.2, 0.25) is 0 Å². The maximum Gasteiger partial charge on any atom is 0.126 e. The van der Waals surface area contributed by atoms with E-state index >= 15 is 0 Å². The second kappa shape index (κ2) is 7.56. The minimum Gasteiger partial charge on any atom is -0.314 e. The molecule has 1 aliphatic heterocycles. The maximum absolute atomic E-state index is 13.4. The summed E-state index contributed by atoms with van der Waals surface area (Å²) in [5.41, 5.74) is 0.502. The number of halogens is 2. The van der Waals surface area contributed by atoms with Gasteiger partial charge in [-0.25, -0.2) is 8.78 Å². The Labute approximate surface area is 113 Å². The topological polar surface area (TPSA) is 15.3 Å². The molecule has 0 spiro atoms. The van der Waals surface area contributed by atoms with E-state index in [4.69, 9.17) is 0 Å². The number of unbranched alkanes of at least 4 members (excludes halogenated alkanes) is 2. The van der Waals surface area contributed by atoms with Gasteiger partial charge >= 0.3 is 0 Å². The molecule has 0 saturated carbocycles. The predicted octanol–water partition coefficient (Wildman–Crippen LogP) is 2.58. The first-order chi connectivity index (χ1) is 9.25. The second-order valence-corrected chi connectivity index (χ2v) is 5.14. The van der Waals surface area contributed by atoms with E-state index in [2.05, 4.69) is 10.2 Å². The molecule has 1 aromatic rings. The SMILES string of the molecule is Fc1ccc(F)c(CCCCCN2CCNCC2)c1. The van der Waals surface area contributed by atoms with Gasteiger partial charge in [0.1, 0.15) is 11.6 Å². The summed E-state index contributed by atoms with van der Waals surface area (Å²) in [6, 6.07) is 3.69. The number of benzene rings is 1. The number of hydrogen-bond donors (Lipinski definition) is 1. The summed E-state index contributed by atoms with van der Waals surface area (Å²) in [5.74, 6) is -0.638. The van der Waals surface area contributed by atoms with Crippen LogP contribution in [0.4, 0.5) is 8.78 Å². The van der Waals surface area contributed by atoms with Crippen LogP contribution in [0.3, 0.4) is 0 Å². The zero-order chi connectivity index (χ0) is 13.5. The lowest BCUT2D eigenvalue weighted by Gasteiger charge is -2.27. The smallest absolute Gasteiger partial charge is 0.126 e. The lowest BCUT2D eigenvalue weighted by Crippen LogP contribution is -2.43. The highest BCUT2D eigenvalue weighted by Gasteiger charge is 2.08. The van der Waals surface area contributed by atoms with E-state index in [-0.39, 0.29) is 11.6 Å². The van der Waals surface area contributed by atoms with Crippen LogP contribution in [0, 0.1) is 11.6 Å². The Morgan fingerprint density at radius 2 is 1.84 bits per heavy atom. The zero-order valence-corrected chi connectivity index (χ0v) is 11.3. The number of hydrogen-bond acceptors (Lipinski definition) is 2. The van der Waals surface area contributed by atoms with Crippen LogP contribution < -0.4 is 5.32 Å². The van der Waals surface area contributed by atoms with Gasteiger partial charge in [-0.3, -0.25) is 0 Å². The van der Waals surface area contributed by atoms with Crippen LogP contribution in [0.1, 0.15) is 24.8 Å². The van der Waals surface area contributed by atoms with Gasteiger partial charge in [-0.1, -0.05) is 6.42 Å².